The van der Waals surface area contributed by atoms with Crippen molar-refractivity contribution in [2.75, 3.05) is 13.1 Å². The van der Waals surface area contributed by atoms with E-state index in [1.807, 2.05) is 54.6 Å². The second-order valence-corrected chi connectivity index (χ2v) is 7.69. The largest absolute Gasteiger partial charge is 0.355 e. The predicted molar refractivity (Wildman–Crippen MR) is 102 cm³/mol. The van der Waals surface area contributed by atoms with Gasteiger partial charge in [0.15, 0.2) is 0 Å². The lowest BCUT2D eigenvalue weighted by Crippen LogP contribution is -2.35. The zero-order chi connectivity index (χ0) is 18.4. The highest BCUT2D eigenvalue weighted by Crippen LogP contribution is 2.18. The van der Waals surface area contributed by atoms with Gasteiger partial charge in [-0.15, -0.1) is 0 Å². The number of carbonyl (C=O) groups is 1. The molecule has 3 rings (SSSR count). The van der Waals surface area contributed by atoms with E-state index in [0.717, 1.165) is 16.3 Å². The number of sulfonamides is 1. The minimum atomic E-state index is -3.61. The van der Waals surface area contributed by atoms with Crippen molar-refractivity contribution in [1.82, 2.24) is 10.0 Å². The van der Waals surface area contributed by atoms with E-state index in [-0.39, 0.29) is 30.3 Å². The SMILES string of the molecule is O=C(Cc1ccccc1)NCCNS(=O)(=O)c1ccc2ccccc2c1. The highest BCUT2D eigenvalue weighted by atomic mass is 32.2. The van der Waals surface area contributed by atoms with Crippen molar-refractivity contribution in [3.05, 3.63) is 78.4 Å². The Morgan fingerprint density at radius 1 is 0.808 bits per heavy atom. The molecule has 0 aliphatic heterocycles. The van der Waals surface area contributed by atoms with Gasteiger partial charge in [-0.3, -0.25) is 4.79 Å². The van der Waals surface area contributed by atoms with Crippen molar-refractivity contribution in [2.24, 2.45) is 0 Å². The molecule has 0 atom stereocenters. The molecule has 0 unspecified atom stereocenters. The molecule has 2 N–H and O–H groups in total. The summed E-state index contributed by atoms with van der Waals surface area (Å²) in [5, 5.41) is 4.57. The summed E-state index contributed by atoms with van der Waals surface area (Å²) in [7, 11) is -3.61. The molecular weight excluding hydrogens is 348 g/mol. The molecule has 0 bridgehead atoms. The van der Waals surface area contributed by atoms with E-state index in [0.29, 0.717) is 0 Å². The fraction of sp³-hybridized carbons (Fsp3) is 0.150. The number of fused-ring (bicyclic) bond motifs is 1. The molecule has 0 aliphatic rings. The lowest BCUT2D eigenvalue weighted by atomic mass is 10.1. The number of amides is 1. The molecule has 3 aromatic carbocycles. The van der Waals surface area contributed by atoms with Crippen LogP contribution in [0.2, 0.25) is 0 Å². The van der Waals surface area contributed by atoms with Crippen molar-refractivity contribution < 1.29 is 13.2 Å². The van der Waals surface area contributed by atoms with E-state index in [2.05, 4.69) is 10.0 Å². The van der Waals surface area contributed by atoms with Crippen LogP contribution in [0, 0.1) is 0 Å². The first-order valence-electron chi connectivity index (χ1n) is 8.34. The van der Waals surface area contributed by atoms with Crippen molar-refractivity contribution in [1.29, 1.82) is 0 Å². The van der Waals surface area contributed by atoms with Crippen LogP contribution in [0.3, 0.4) is 0 Å². The van der Waals surface area contributed by atoms with E-state index < -0.39 is 10.0 Å². The maximum Gasteiger partial charge on any atom is 0.240 e. The first kappa shape index (κ1) is 18.1. The number of hydrogen-bond acceptors (Lipinski definition) is 3. The Balaban J connectivity index is 1.52. The van der Waals surface area contributed by atoms with Crippen LogP contribution in [-0.2, 0) is 21.2 Å². The van der Waals surface area contributed by atoms with Gasteiger partial charge in [0.25, 0.3) is 0 Å². The van der Waals surface area contributed by atoms with Crippen molar-refractivity contribution in [2.45, 2.75) is 11.3 Å². The smallest absolute Gasteiger partial charge is 0.240 e. The molecular formula is C20H20N2O3S. The molecule has 0 saturated carbocycles. The Hall–Kier alpha value is -2.70. The normalized spacial score (nSPS) is 11.4. The second-order valence-electron chi connectivity index (χ2n) is 5.92. The number of hydrogen-bond donors (Lipinski definition) is 2. The first-order valence-corrected chi connectivity index (χ1v) is 9.82. The summed E-state index contributed by atoms with van der Waals surface area (Å²) in [6.45, 7) is 0.369. The van der Waals surface area contributed by atoms with Gasteiger partial charge >= 0.3 is 0 Å². The fourth-order valence-corrected chi connectivity index (χ4v) is 3.72. The van der Waals surface area contributed by atoms with Crippen molar-refractivity contribution in [3.63, 3.8) is 0 Å². The second kappa shape index (κ2) is 8.12. The molecule has 6 heteroatoms. The Bertz CT molecular complexity index is 1000. The van der Waals surface area contributed by atoms with Gasteiger partial charge in [0.05, 0.1) is 11.3 Å². The van der Waals surface area contributed by atoms with Crippen LogP contribution in [0.1, 0.15) is 5.56 Å². The lowest BCUT2D eigenvalue weighted by Gasteiger charge is -2.09. The van der Waals surface area contributed by atoms with Crippen LogP contribution in [0.4, 0.5) is 0 Å². The number of rotatable bonds is 7. The minimum Gasteiger partial charge on any atom is -0.355 e. The Labute approximate surface area is 153 Å². The van der Waals surface area contributed by atoms with Crippen molar-refractivity contribution in [3.8, 4) is 0 Å². The molecule has 0 saturated heterocycles. The maximum absolute atomic E-state index is 12.4. The summed E-state index contributed by atoms with van der Waals surface area (Å²) in [6.07, 6.45) is 0.276. The molecule has 5 nitrogen and oxygen atoms in total. The fourth-order valence-electron chi connectivity index (χ4n) is 2.65. The van der Waals surface area contributed by atoms with E-state index in [1.54, 1.807) is 18.2 Å². The van der Waals surface area contributed by atoms with Gasteiger partial charge in [0, 0.05) is 13.1 Å². The summed E-state index contributed by atoms with van der Waals surface area (Å²) in [6, 6.07) is 22.0. The molecule has 26 heavy (non-hydrogen) atoms. The average molecular weight is 368 g/mol. The van der Waals surface area contributed by atoms with Crippen LogP contribution in [0.25, 0.3) is 10.8 Å². The molecule has 0 aliphatic carbocycles. The van der Waals surface area contributed by atoms with E-state index in [1.165, 1.54) is 0 Å². The Kier molecular flexibility index (Phi) is 5.65. The van der Waals surface area contributed by atoms with Crippen LogP contribution < -0.4 is 10.0 Å². The zero-order valence-electron chi connectivity index (χ0n) is 14.2. The van der Waals surface area contributed by atoms with Gasteiger partial charge in [-0.05, 0) is 28.5 Å². The quantitative estimate of drug-likeness (QED) is 0.629. The number of carbonyl (C=O) groups excluding carboxylic acids is 1. The first-order chi connectivity index (χ1) is 12.5. The summed E-state index contributed by atoms with van der Waals surface area (Å²) in [5.74, 6) is -0.138. The Morgan fingerprint density at radius 2 is 1.50 bits per heavy atom. The number of nitrogens with one attached hydrogen (secondary N) is 2. The summed E-state index contributed by atoms with van der Waals surface area (Å²) < 4.78 is 27.3. The molecule has 0 aromatic heterocycles. The molecule has 1 amide bonds. The third-order valence-electron chi connectivity index (χ3n) is 3.98. The van der Waals surface area contributed by atoms with Gasteiger partial charge in [0.1, 0.15) is 0 Å². The van der Waals surface area contributed by atoms with Gasteiger partial charge in [0.2, 0.25) is 15.9 Å². The molecule has 0 radical (unpaired) electrons. The highest BCUT2D eigenvalue weighted by molar-refractivity contribution is 7.89. The van der Waals surface area contributed by atoms with Gasteiger partial charge in [-0.2, -0.15) is 0 Å². The predicted octanol–water partition coefficient (Wildman–Crippen LogP) is 2.48. The van der Waals surface area contributed by atoms with Crippen LogP contribution in [0.5, 0.6) is 0 Å². The highest BCUT2D eigenvalue weighted by Gasteiger charge is 2.14. The summed E-state index contributed by atoms with van der Waals surface area (Å²) >= 11 is 0. The molecule has 0 heterocycles. The van der Waals surface area contributed by atoms with Crippen LogP contribution >= 0.6 is 0 Å². The summed E-state index contributed by atoms with van der Waals surface area (Å²) in [5.41, 5.74) is 0.918. The average Bonchev–Trinajstić information content (AvgIpc) is 2.66. The van der Waals surface area contributed by atoms with Crippen LogP contribution in [-0.4, -0.2) is 27.4 Å². The standard InChI is InChI=1S/C20H20N2O3S/c23-20(14-16-6-2-1-3-7-16)21-12-13-22-26(24,25)19-11-10-17-8-4-5-9-18(17)15-19/h1-11,15,22H,12-14H2,(H,21,23). The third-order valence-corrected chi connectivity index (χ3v) is 5.44. The molecule has 0 spiro atoms. The molecule has 134 valence electrons. The van der Waals surface area contributed by atoms with Gasteiger partial charge in [-0.1, -0.05) is 60.7 Å². The lowest BCUT2D eigenvalue weighted by molar-refractivity contribution is -0.120. The monoisotopic (exact) mass is 368 g/mol. The van der Waals surface area contributed by atoms with Crippen LogP contribution in [0.15, 0.2) is 77.7 Å². The minimum absolute atomic E-state index is 0.135. The van der Waals surface area contributed by atoms with E-state index in [4.69, 9.17) is 0 Å². The topological polar surface area (TPSA) is 75.3 Å². The van der Waals surface area contributed by atoms with Crippen molar-refractivity contribution >= 4 is 26.7 Å². The van der Waals surface area contributed by atoms with Gasteiger partial charge < -0.3 is 5.32 Å². The maximum atomic E-state index is 12.4. The zero-order valence-corrected chi connectivity index (χ0v) is 15.0. The third kappa shape index (κ3) is 4.68. The molecule has 0 fully saturated rings. The van der Waals surface area contributed by atoms with E-state index in [9.17, 15) is 13.2 Å². The summed E-state index contributed by atoms with van der Waals surface area (Å²) in [4.78, 5) is 12.1. The number of benzene rings is 3. The molecule has 3 aromatic rings. The Morgan fingerprint density at radius 3 is 2.27 bits per heavy atom. The van der Waals surface area contributed by atoms with Gasteiger partial charge in [-0.25, -0.2) is 13.1 Å². The van der Waals surface area contributed by atoms with E-state index >= 15 is 0 Å².